The van der Waals surface area contributed by atoms with Crippen LogP contribution in [0.4, 0.5) is 5.69 Å². The zero-order valence-corrected chi connectivity index (χ0v) is 12.5. The van der Waals surface area contributed by atoms with Crippen LogP contribution in [0.1, 0.15) is 24.8 Å². The molecule has 0 saturated heterocycles. The van der Waals surface area contributed by atoms with Gasteiger partial charge in [-0.05, 0) is 24.3 Å². The lowest BCUT2D eigenvalue weighted by molar-refractivity contribution is 0.262. The molecule has 0 spiro atoms. The lowest BCUT2D eigenvalue weighted by Gasteiger charge is -2.25. The molecule has 5 heteroatoms. The average Bonchev–Trinajstić information content (AvgIpc) is 2.45. The van der Waals surface area contributed by atoms with Crippen LogP contribution in [0, 0.1) is 5.92 Å². The molecule has 1 aromatic carbocycles. The van der Waals surface area contributed by atoms with E-state index in [0.717, 1.165) is 5.56 Å². The molecule has 0 radical (unpaired) electrons. The molecule has 110 valence electrons. The van der Waals surface area contributed by atoms with Crippen molar-refractivity contribution < 1.29 is 0 Å². The van der Waals surface area contributed by atoms with Gasteiger partial charge in [0.1, 0.15) is 5.69 Å². The van der Waals surface area contributed by atoms with Gasteiger partial charge in [0.25, 0.3) is 5.56 Å². The van der Waals surface area contributed by atoms with Gasteiger partial charge in [-0.15, -0.1) is 0 Å². The van der Waals surface area contributed by atoms with Crippen molar-refractivity contribution in [3.63, 3.8) is 0 Å². The number of aromatic nitrogens is 2. The molecule has 1 fully saturated rings. The molecule has 0 atom stereocenters. The van der Waals surface area contributed by atoms with Crippen LogP contribution in [0.15, 0.2) is 41.3 Å². The maximum Gasteiger partial charge on any atom is 0.291 e. The number of nitrogens with one attached hydrogen (secondary N) is 1. The summed E-state index contributed by atoms with van der Waals surface area (Å²) in [6, 6.07) is 9.93. The Morgan fingerprint density at radius 3 is 2.71 bits per heavy atom. The third-order valence-electron chi connectivity index (χ3n) is 3.97. The molecular formula is C16H18ClN3O. The van der Waals surface area contributed by atoms with Crippen LogP contribution in [0.25, 0.3) is 0 Å². The Labute approximate surface area is 128 Å². The Bertz CT molecular complexity index is 665. The Kier molecular flexibility index (Phi) is 4.25. The van der Waals surface area contributed by atoms with Crippen molar-refractivity contribution in [3.8, 4) is 0 Å². The Morgan fingerprint density at radius 1 is 1.29 bits per heavy atom. The molecule has 0 bridgehead atoms. The first kappa shape index (κ1) is 14.1. The van der Waals surface area contributed by atoms with E-state index in [1.165, 1.54) is 23.9 Å². The second kappa shape index (κ2) is 6.31. The first-order valence-electron chi connectivity index (χ1n) is 7.27. The van der Waals surface area contributed by atoms with Gasteiger partial charge in [-0.1, -0.05) is 48.4 Å². The topological polar surface area (TPSA) is 46.9 Å². The number of hydrogen-bond donors (Lipinski definition) is 1. The molecule has 1 N–H and O–H groups in total. The highest BCUT2D eigenvalue weighted by atomic mass is 35.5. The van der Waals surface area contributed by atoms with Crippen LogP contribution in [0.3, 0.4) is 0 Å². The Hall–Kier alpha value is -1.81. The monoisotopic (exact) mass is 303 g/mol. The summed E-state index contributed by atoms with van der Waals surface area (Å²) in [5, 5.41) is 7.67. The normalized spacial score (nSPS) is 14.7. The van der Waals surface area contributed by atoms with Crippen molar-refractivity contribution in [1.82, 2.24) is 9.78 Å². The second-order valence-electron chi connectivity index (χ2n) is 5.49. The van der Waals surface area contributed by atoms with Crippen molar-refractivity contribution in [1.29, 1.82) is 0 Å². The van der Waals surface area contributed by atoms with E-state index in [4.69, 9.17) is 11.6 Å². The average molecular weight is 304 g/mol. The number of benzene rings is 1. The third kappa shape index (κ3) is 3.27. The van der Waals surface area contributed by atoms with E-state index in [1.54, 1.807) is 6.20 Å². The van der Waals surface area contributed by atoms with Gasteiger partial charge >= 0.3 is 0 Å². The van der Waals surface area contributed by atoms with Crippen molar-refractivity contribution in [2.45, 2.75) is 32.4 Å². The van der Waals surface area contributed by atoms with Gasteiger partial charge in [0.2, 0.25) is 0 Å². The van der Waals surface area contributed by atoms with Crippen molar-refractivity contribution in [3.05, 3.63) is 57.5 Å². The molecule has 1 aliphatic carbocycles. The van der Waals surface area contributed by atoms with Crippen molar-refractivity contribution in [2.24, 2.45) is 5.92 Å². The number of hydrogen-bond acceptors (Lipinski definition) is 3. The molecule has 2 aromatic rings. The highest BCUT2D eigenvalue weighted by Crippen LogP contribution is 2.27. The molecule has 0 amide bonds. The van der Waals surface area contributed by atoms with Gasteiger partial charge in [-0.25, -0.2) is 4.68 Å². The van der Waals surface area contributed by atoms with Crippen LogP contribution in [-0.2, 0) is 13.1 Å². The second-order valence-corrected chi connectivity index (χ2v) is 5.90. The van der Waals surface area contributed by atoms with Crippen LogP contribution < -0.4 is 10.9 Å². The molecule has 0 aliphatic heterocycles. The standard InChI is InChI=1S/C16H18ClN3O/c17-14-10-19-20(11-13-7-4-8-13)16(21)15(14)18-9-12-5-2-1-3-6-12/h1-3,5-6,10,13,18H,4,7-9,11H2. The molecule has 4 nitrogen and oxygen atoms in total. The Balaban J connectivity index is 1.77. The van der Waals surface area contributed by atoms with Crippen LogP contribution >= 0.6 is 11.6 Å². The molecule has 1 heterocycles. The molecule has 1 aromatic heterocycles. The van der Waals surface area contributed by atoms with Gasteiger partial charge in [0.05, 0.1) is 11.2 Å². The lowest BCUT2D eigenvalue weighted by Crippen LogP contribution is -2.30. The lowest BCUT2D eigenvalue weighted by atomic mass is 9.85. The first-order chi connectivity index (χ1) is 10.2. The summed E-state index contributed by atoms with van der Waals surface area (Å²) in [5.41, 5.74) is 1.41. The van der Waals surface area contributed by atoms with Crippen molar-refractivity contribution in [2.75, 3.05) is 5.32 Å². The predicted octanol–water partition coefficient (Wildman–Crippen LogP) is 3.31. The fraction of sp³-hybridized carbons (Fsp3) is 0.375. The predicted molar refractivity (Wildman–Crippen MR) is 84.6 cm³/mol. The van der Waals surface area contributed by atoms with Gasteiger partial charge in [0, 0.05) is 13.1 Å². The first-order valence-corrected chi connectivity index (χ1v) is 7.65. The molecule has 1 aliphatic rings. The maximum absolute atomic E-state index is 12.4. The number of anilines is 1. The fourth-order valence-corrected chi connectivity index (χ4v) is 2.66. The number of nitrogens with zero attached hydrogens (tertiary/aromatic N) is 2. The van der Waals surface area contributed by atoms with E-state index in [1.807, 2.05) is 30.3 Å². The Morgan fingerprint density at radius 2 is 2.05 bits per heavy atom. The zero-order chi connectivity index (χ0) is 14.7. The highest BCUT2D eigenvalue weighted by Gasteiger charge is 2.20. The van der Waals surface area contributed by atoms with E-state index >= 15 is 0 Å². The maximum atomic E-state index is 12.4. The van der Waals surface area contributed by atoms with Crippen LogP contribution in [-0.4, -0.2) is 9.78 Å². The van der Waals surface area contributed by atoms with Crippen LogP contribution in [0.5, 0.6) is 0 Å². The molecule has 3 rings (SSSR count). The quantitative estimate of drug-likeness (QED) is 0.922. The summed E-state index contributed by atoms with van der Waals surface area (Å²) in [6.45, 7) is 1.26. The van der Waals surface area contributed by atoms with E-state index < -0.39 is 0 Å². The summed E-state index contributed by atoms with van der Waals surface area (Å²) in [4.78, 5) is 12.4. The summed E-state index contributed by atoms with van der Waals surface area (Å²) in [6.07, 6.45) is 5.17. The smallest absolute Gasteiger partial charge is 0.291 e. The van der Waals surface area contributed by atoms with Gasteiger partial charge in [0.15, 0.2) is 0 Å². The van der Waals surface area contributed by atoms with E-state index in [9.17, 15) is 4.79 Å². The van der Waals surface area contributed by atoms with E-state index in [-0.39, 0.29) is 5.56 Å². The van der Waals surface area contributed by atoms with Crippen molar-refractivity contribution >= 4 is 17.3 Å². The van der Waals surface area contributed by atoms with Crippen LogP contribution in [0.2, 0.25) is 5.02 Å². The summed E-state index contributed by atoms with van der Waals surface area (Å²) in [5.74, 6) is 0.582. The molecule has 21 heavy (non-hydrogen) atoms. The van der Waals surface area contributed by atoms with E-state index in [2.05, 4.69) is 10.4 Å². The summed E-state index contributed by atoms with van der Waals surface area (Å²) < 4.78 is 1.53. The molecular weight excluding hydrogens is 286 g/mol. The molecule has 1 saturated carbocycles. The largest absolute Gasteiger partial charge is 0.375 e. The SMILES string of the molecule is O=c1c(NCc2ccccc2)c(Cl)cnn1CC1CCC1. The highest BCUT2D eigenvalue weighted by molar-refractivity contribution is 6.32. The van der Waals surface area contributed by atoms with Gasteiger partial charge in [-0.3, -0.25) is 4.79 Å². The summed E-state index contributed by atoms with van der Waals surface area (Å²) in [7, 11) is 0. The van der Waals surface area contributed by atoms with Gasteiger partial charge in [-0.2, -0.15) is 5.10 Å². The van der Waals surface area contributed by atoms with Gasteiger partial charge < -0.3 is 5.32 Å². The minimum Gasteiger partial charge on any atom is -0.375 e. The third-order valence-corrected chi connectivity index (χ3v) is 4.25. The minimum atomic E-state index is -0.134. The fourth-order valence-electron chi connectivity index (χ4n) is 2.46. The number of halogens is 1. The number of rotatable bonds is 5. The zero-order valence-electron chi connectivity index (χ0n) is 11.8. The van der Waals surface area contributed by atoms with E-state index in [0.29, 0.717) is 29.7 Å². The molecule has 0 unspecified atom stereocenters. The minimum absolute atomic E-state index is 0.134. The summed E-state index contributed by atoms with van der Waals surface area (Å²) >= 11 is 6.11.